The van der Waals surface area contributed by atoms with Crippen molar-refractivity contribution >= 4 is 21.9 Å². The normalized spacial score (nSPS) is 15.9. The van der Waals surface area contributed by atoms with E-state index in [9.17, 15) is 8.42 Å². The largest absolute Gasteiger partial charge is 0.334 e. The van der Waals surface area contributed by atoms with Crippen LogP contribution in [0.3, 0.4) is 0 Å². The predicted molar refractivity (Wildman–Crippen MR) is 29.5 cm³/mol. The van der Waals surface area contributed by atoms with Gasteiger partial charge in [0.25, 0.3) is 0 Å². The van der Waals surface area contributed by atoms with E-state index in [0.29, 0.717) is 0 Å². The Morgan fingerprint density at radius 2 is 2.12 bits per heavy atom. The molecule has 0 amide bonds. The first-order chi connectivity index (χ1) is 3.42. The molecule has 0 radical (unpaired) electrons. The minimum atomic E-state index is -3.86. The first kappa shape index (κ1) is 8.16. The molecule has 50 valence electrons. The van der Waals surface area contributed by atoms with E-state index in [1.165, 1.54) is 6.92 Å². The molecule has 0 heterocycles. The van der Waals surface area contributed by atoms with Crippen LogP contribution in [0.1, 0.15) is 6.92 Å². The summed E-state index contributed by atoms with van der Waals surface area (Å²) in [4.78, 5) is 0. The van der Waals surface area contributed by atoms with Crippen molar-refractivity contribution in [2.45, 2.75) is 12.5 Å². The first-order valence-electron chi connectivity index (χ1n) is 1.77. The second-order valence-electron chi connectivity index (χ2n) is 1.13. The Hall–Kier alpha value is 0.160. The van der Waals surface area contributed by atoms with Gasteiger partial charge in [-0.1, -0.05) is 11.6 Å². The average molecular weight is 160 g/mol. The van der Waals surface area contributed by atoms with Crippen LogP contribution in [0.25, 0.3) is 0 Å². The first-order valence-corrected chi connectivity index (χ1v) is 3.67. The molecule has 6 heteroatoms. The maximum Gasteiger partial charge on any atom is 0.334 e. The number of nitrogens with two attached hydrogens (primary N) is 1. The fourth-order valence-electron chi connectivity index (χ4n) is 0.185. The molecule has 0 saturated carbocycles. The van der Waals surface area contributed by atoms with E-state index in [0.717, 1.165) is 0 Å². The highest BCUT2D eigenvalue weighted by Crippen LogP contribution is 1.97. The van der Waals surface area contributed by atoms with Crippen molar-refractivity contribution in [2.75, 3.05) is 0 Å². The summed E-state index contributed by atoms with van der Waals surface area (Å²) in [5.74, 6) is 0. The summed E-state index contributed by atoms with van der Waals surface area (Å²) in [5, 5.41) is 4.40. The van der Waals surface area contributed by atoms with Crippen molar-refractivity contribution in [1.82, 2.24) is 0 Å². The molecular formula is C2H6ClNO3S. The van der Waals surface area contributed by atoms with Crippen LogP contribution in [0, 0.1) is 0 Å². The zero-order valence-electron chi connectivity index (χ0n) is 4.17. The summed E-state index contributed by atoms with van der Waals surface area (Å²) in [5.41, 5.74) is -0.898. The molecule has 4 nitrogen and oxygen atoms in total. The second-order valence-corrected chi connectivity index (χ2v) is 2.92. The molecule has 2 N–H and O–H groups in total. The van der Waals surface area contributed by atoms with Gasteiger partial charge in [0.2, 0.25) is 0 Å². The van der Waals surface area contributed by atoms with E-state index in [-0.39, 0.29) is 0 Å². The molecule has 8 heavy (non-hydrogen) atoms. The second kappa shape index (κ2) is 2.63. The van der Waals surface area contributed by atoms with Gasteiger partial charge in [0.1, 0.15) is 5.56 Å². The monoisotopic (exact) mass is 159 g/mol. The van der Waals surface area contributed by atoms with Crippen LogP contribution in [-0.2, 0) is 14.5 Å². The number of hydrogen-bond donors (Lipinski definition) is 1. The highest BCUT2D eigenvalue weighted by molar-refractivity contribution is 7.84. The van der Waals surface area contributed by atoms with Gasteiger partial charge >= 0.3 is 10.3 Å². The molecule has 1 unspecified atom stereocenters. The molecular weight excluding hydrogens is 154 g/mol. The minimum absolute atomic E-state index is 0.898. The Morgan fingerprint density at radius 1 is 1.75 bits per heavy atom. The van der Waals surface area contributed by atoms with E-state index in [1.54, 1.807) is 0 Å². The molecule has 0 aliphatic heterocycles. The smallest absolute Gasteiger partial charge is 0.239 e. The summed E-state index contributed by atoms with van der Waals surface area (Å²) < 4.78 is 23.8. The van der Waals surface area contributed by atoms with Crippen molar-refractivity contribution < 1.29 is 12.6 Å². The van der Waals surface area contributed by atoms with Gasteiger partial charge < -0.3 is 0 Å². The Balaban J connectivity index is 3.75. The lowest BCUT2D eigenvalue weighted by Gasteiger charge is -1.98. The van der Waals surface area contributed by atoms with Crippen molar-refractivity contribution in [3.8, 4) is 0 Å². The number of hydrogen-bond acceptors (Lipinski definition) is 3. The third-order valence-corrected chi connectivity index (χ3v) is 1.02. The number of halogens is 1. The number of rotatable bonds is 2. The fraction of sp³-hybridized carbons (Fsp3) is 1.00. The fourth-order valence-corrected chi connectivity index (χ4v) is 0.859. The van der Waals surface area contributed by atoms with Gasteiger partial charge in [-0.15, -0.1) is 0 Å². The third-order valence-electron chi connectivity index (χ3n) is 0.267. The molecule has 0 bridgehead atoms. The van der Waals surface area contributed by atoms with Gasteiger partial charge in [0.05, 0.1) is 0 Å². The van der Waals surface area contributed by atoms with E-state index >= 15 is 0 Å². The number of alkyl halides is 1. The van der Waals surface area contributed by atoms with Gasteiger partial charge in [0.15, 0.2) is 0 Å². The third kappa shape index (κ3) is 6.16. The lowest BCUT2D eigenvalue weighted by Crippen LogP contribution is -2.18. The molecule has 0 aliphatic carbocycles. The van der Waals surface area contributed by atoms with E-state index in [1.807, 2.05) is 0 Å². The van der Waals surface area contributed by atoms with Crippen molar-refractivity contribution in [3.63, 3.8) is 0 Å². The molecule has 0 aliphatic rings. The van der Waals surface area contributed by atoms with Crippen LogP contribution in [0.5, 0.6) is 0 Å². The van der Waals surface area contributed by atoms with Gasteiger partial charge in [-0.25, -0.2) is 9.32 Å². The Bertz CT molecular complexity index is 151. The Kier molecular flexibility index (Phi) is 2.68. The maximum atomic E-state index is 9.91. The highest BCUT2D eigenvalue weighted by atomic mass is 35.5. The molecule has 0 spiro atoms. The summed E-state index contributed by atoms with van der Waals surface area (Å²) in [6.45, 7) is 1.35. The predicted octanol–water partition coefficient (Wildman–Crippen LogP) is -0.209. The van der Waals surface area contributed by atoms with Crippen LogP contribution in [0.2, 0.25) is 0 Å². The van der Waals surface area contributed by atoms with Gasteiger partial charge in [-0.05, 0) is 6.92 Å². The van der Waals surface area contributed by atoms with Crippen molar-refractivity contribution in [1.29, 1.82) is 0 Å². The molecule has 0 saturated heterocycles. The Labute approximate surface area is 52.8 Å². The summed E-state index contributed by atoms with van der Waals surface area (Å²) in [6.07, 6.45) is 0. The van der Waals surface area contributed by atoms with Crippen molar-refractivity contribution in [2.24, 2.45) is 5.14 Å². The SMILES string of the molecule is CC(Cl)OS(N)(=O)=O. The Morgan fingerprint density at radius 3 is 2.12 bits per heavy atom. The van der Waals surface area contributed by atoms with Crippen LogP contribution in [0.15, 0.2) is 0 Å². The molecule has 0 fully saturated rings. The average Bonchev–Trinajstić information content (AvgIpc) is 1.21. The van der Waals surface area contributed by atoms with Crippen LogP contribution in [0.4, 0.5) is 0 Å². The molecule has 0 aromatic heterocycles. The minimum Gasteiger partial charge on any atom is -0.239 e. The van der Waals surface area contributed by atoms with E-state index in [2.05, 4.69) is 9.32 Å². The van der Waals surface area contributed by atoms with E-state index < -0.39 is 15.9 Å². The topological polar surface area (TPSA) is 69.4 Å². The molecule has 0 aromatic rings. The summed E-state index contributed by atoms with van der Waals surface area (Å²) >= 11 is 5.08. The van der Waals surface area contributed by atoms with E-state index in [4.69, 9.17) is 11.6 Å². The summed E-state index contributed by atoms with van der Waals surface area (Å²) in [6, 6.07) is 0. The standard InChI is InChI=1S/C2H6ClNO3S/c1-2(3)7-8(4,5)6/h2H,1H3,(H2,4,5,6). The van der Waals surface area contributed by atoms with Gasteiger partial charge in [0, 0.05) is 0 Å². The molecule has 1 atom stereocenters. The zero-order valence-corrected chi connectivity index (χ0v) is 5.74. The van der Waals surface area contributed by atoms with Gasteiger partial charge in [-0.2, -0.15) is 8.42 Å². The van der Waals surface area contributed by atoms with Crippen LogP contribution in [-0.4, -0.2) is 14.0 Å². The van der Waals surface area contributed by atoms with Crippen LogP contribution >= 0.6 is 11.6 Å². The highest BCUT2D eigenvalue weighted by Gasteiger charge is 2.05. The maximum absolute atomic E-state index is 9.91. The zero-order chi connectivity index (χ0) is 6.78. The van der Waals surface area contributed by atoms with Crippen molar-refractivity contribution in [3.05, 3.63) is 0 Å². The van der Waals surface area contributed by atoms with Crippen LogP contribution < -0.4 is 5.14 Å². The molecule has 0 aromatic carbocycles. The van der Waals surface area contributed by atoms with Gasteiger partial charge in [-0.3, -0.25) is 0 Å². The lowest BCUT2D eigenvalue weighted by molar-refractivity contribution is 0.304. The summed E-state index contributed by atoms with van der Waals surface area (Å²) in [7, 11) is -3.86. The molecule has 0 rings (SSSR count). The quantitative estimate of drug-likeness (QED) is 0.567. The lowest BCUT2D eigenvalue weighted by atomic mass is 10.9.